The standard InChI is InChI=1S/C14H25N3OS/c1-10(2)5-4-6-11(3)16-14(18)12-9-19-13(17-12)7-8-15/h9-11H,4-8,15H2,1-3H3,(H,16,18). The van der Waals surface area contributed by atoms with Crippen molar-refractivity contribution < 1.29 is 4.79 Å². The van der Waals surface area contributed by atoms with Crippen molar-refractivity contribution in [2.24, 2.45) is 11.7 Å². The third-order valence-corrected chi connectivity index (χ3v) is 3.85. The van der Waals surface area contributed by atoms with Gasteiger partial charge in [0.1, 0.15) is 5.69 Å². The zero-order chi connectivity index (χ0) is 14.3. The Balaban J connectivity index is 2.36. The molecule has 0 aromatic carbocycles. The second-order valence-electron chi connectivity index (χ2n) is 5.36. The quantitative estimate of drug-likeness (QED) is 0.770. The molecular weight excluding hydrogens is 258 g/mol. The highest BCUT2D eigenvalue weighted by molar-refractivity contribution is 7.09. The van der Waals surface area contributed by atoms with Crippen LogP contribution in [0.25, 0.3) is 0 Å². The molecule has 1 heterocycles. The zero-order valence-electron chi connectivity index (χ0n) is 12.1. The minimum atomic E-state index is -0.0726. The number of nitrogens with one attached hydrogen (secondary N) is 1. The molecule has 1 rings (SSSR count). The number of carbonyl (C=O) groups is 1. The average molecular weight is 283 g/mol. The zero-order valence-corrected chi connectivity index (χ0v) is 12.9. The van der Waals surface area contributed by atoms with Crippen molar-refractivity contribution in [3.8, 4) is 0 Å². The Bertz CT molecular complexity index is 390. The van der Waals surface area contributed by atoms with Crippen molar-refractivity contribution in [1.29, 1.82) is 0 Å². The molecule has 1 atom stereocenters. The van der Waals surface area contributed by atoms with Crippen LogP contribution in [-0.2, 0) is 6.42 Å². The molecule has 108 valence electrons. The molecule has 1 unspecified atom stereocenters. The van der Waals surface area contributed by atoms with Gasteiger partial charge in [-0.05, 0) is 25.8 Å². The van der Waals surface area contributed by atoms with E-state index in [0.717, 1.165) is 30.2 Å². The molecule has 0 radical (unpaired) electrons. The summed E-state index contributed by atoms with van der Waals surface area (Å²) in [6.07, 6.45) is 4.11. The van der Waals surface area contributed by atoms with Gasteiger partial charge in [0.15, 0.2) is 0 Å². The van der Waals surface area contributed by atoms with E-state index in [9.17, 15) is 4.79 Å². The lowest BCUT2D eigenvalue weighted by Gasteiger charge is -2.13. The van der Waals surface area contributed by atoms with E-state index in [4.69, 9.17) is 5.73 Å². The molecule has 1 aromatic heterocycles. The Labute approximate surface area is 119 Å². The number of amides is 1. The summed E-state index contributed by atoms with van der Waals surface area (Å²) in [4.78, 5) is 16.3. The van der Waals surface area contributed by atoms with Gasteiger partial charge in [-0.1, -0.05) is 26.7 Å². The van der Waals surface area contributed by atoms with Gasteiger partial charge in [0, 0.05) is 17.8 Å². The van der Waals surface area contributed by atoms with E-state index in [1.165, 1.54) is 17.8 Å². The summed E-state index contributed by atoms with van der Waals surface area (Å²) in [7, 11) is 0. The first-order chi connectivity index (χ1) is 9.02. The molecule has 0 spiro atoms. The van der Waals surface area contributed by atoms with Crippen molar-refractivity contribution in [2.75, 3.05) is 6.54 Å². The lowest BCUT2D eigenvalue weighted by molar-refractivity contribution is 0.0933. The van der Waals surface area contributed by atoms with Gasteiger partial charge >= 0.3 is 0 Å². The maximum Gasteiger partial charge on any atom is 0.270 e. The summed E-state index contributed by atoms with van der Waals surface area (Å²) < 4.78 is 0. The van der Waals surface area contributed by atoms with Gasteiger partial charge in [-0.2, -0.15) is 0 Å². The molecule has 0 fully saturated rings. The van der Waals surface area contributed by atoms with Crippen LogP contribution in [0.3, 0.4) is 0 Å². The van der Waals surface area contributed by atoms with Crippen molar-refractivity contribution in [2.45, 2.75) is 52.5 Å². The second kappa shape index (κ2) is 8.27. The second-order valence-corrected chi connectivity index (χ2v) is 6.31. The van der Waals surface area contributed by atoms with Gasteiger partial charge in [-0.25, -0.2) is 4.98 Å². The number of nitrogens with zero attached hydrogens (tertiary/aromatic N) is 1. The van der Waals surface area contributed by atoms with Crippen LogP contribution >= 0.6 is 11.3 Å². The predicted octanol–water partition coefficient (Wildman–Crippen LogP) is 2.59. The largest absolute Gasteiger partial charge is 0.348 e. The van der Waals surface area contributed by atoms with Crippen LogP contribution in [-0.4, -0.2) is 23.5 Å². The third kappa shape index (κ3) is 6.16. The van der Waals surface area contributed by atoms with Crippen LogP contribution in [0.1, 0.15) is 55.5 Å². The number of carbonyl (C=O) groups excluding carboxylic acids is 1. The average Bonchev–Trinajstić information content (AvgIpc) is 2.77. The van der Waals surface area contributed by atoms with E-state index in [2.05, 4.69) is 24.1 Å². The number of nitrogens with two attached hydrogens (primary N) is 1. The topological polar surface area (TPSA) is 68.0 Å². The van der Waals surface area contributed by atoms with Crippen molar-refractivity contribution in [1.82, 2.24) is 10.3 Å². The minimum absolute atomic E-state index is 0.0726. The fourth-order valence-corrected chi connectivity index (χ4v) is 2.65. The summed E-state index contributed by atoms with van der Waals surface area (Å²) in [5.41, 5.74) is 5.99. The van der Waals surface area contributed by atoms with Gasteiger partial charge in [0.05, 0.1) is 5.01 Å². The van der Waals surface area contributed by atoms with Crippen molar-refractivity contribution in [3.05, 3.63) is 16.1 Å². The molecule has 1 aromatic rings. The predicted molar refractivity (Wildman–Crippen MR) is 80.5 cm³/mol. The van der Waals surface area contributed by atoms with E-state index in [1.54, 1.807) is 5.38 Å². The smallest absolute Gasteiger partial charge is 0.270 e. The fraction of sp³-hybridized carbons (Fsp3) is 0.714. The number of hydrogen-bond acceptors (Lipinski definition) is 4. The molecule has 4 nitrogen and oxygen atoms in total. The Kier molecular flexibility index (Phi) is 7.02. The first-order valence-corrected chi connectivity index (χ1v) is 7.86. The Morgan fingerprint density at radius 2 is 2.16 bits per heavy atom. The lowest BCUT2D eigenvalue weighted by atomic mass is 10.0. The monoisotopic (exact) mass is 283 g/mol. The molecule has 19 heavy (non-hydrogen) atoms. The Morgan fingerprint density at radius 3 is 2.79 bits per heavy atom. The van der Waals surface area contributed by atoms with Crippen molar-refractivity contribution >= 4 is 17.2 Å². The molecule has 0 aliphatic heterocycles. The van der Waals surface area contributed by atoms with E-state index in [1.807, 2.05) is 6.92 Å². The highest BCUT2D eigenvalue weighted by Gasteiger charge is 2.13. The SMILES string of the molecule is CC(C)CCCC(C)NC(=O)c1csc(CCN)n1. The van der Waals surface area contributed by atoms with Crippen LogP contribution in [0.2, 0.25) is 0 Å². The highest BCUT2D eigenvalue weighted by atomic mass is 32.1. The molecule has 1 amide bonds. The van der Waals surface area contributed by atoms with Crippen LogP contribution in [0, 0.1) is 5.92 Å². The first-order valence-electron chi connectivity index (χ1n) is 6.98. The van der Waals surface area contributed by atoms with Crippen LogP contribution in [0.15, 0.2) is 5.38 Å². The van der Waals surface area contributed by atoms with Crippen molar-refractivity contribution in [3.63, 3.8) is 0 Å². The van der Waals surface area contributed by atoms with Crippen LogP contribution in [0.4, 0.5) is 0 Å². The molecule has 0 saturated carbocycles. The molecule has 5 heteroatoms. The fourth-order valence-electron chi connectivity index (χ4n) is 1.86. The number of hydrogen-bond donors (Lipinski definition) is 2. The molecule has 3 N–H and O–H groups in total. The highest BCUT2D eigenvalue weighted by Crippen LogP contribution is 2.11. The van der Waals surface area contributed by atoms with E-state index in [-0.39, 0.29) is 11.9 Å². The summed E-state index contributed by atoms with van der Waals surface area (Å²) >= 11 is 1.50. The molecule has 0 bridgehead atoms. The van der Waals surface area contributed by atoms with Gasteiger partial charge in [0.25, 0.3) is 5.91 Å². The summed E-state index contributed by atoms with van der Waals surface area (Å²) in [5, 5.41) is 5.74. The van der Waals surface area contributed by atoms with E-state index >= 15 is 0 Å². The first kappa shape index (κ1) is 16.1. The van der Waals surface area contributed by atoms with Gasteiger partial charge in [0.2, 0.25) is 0 Å². The van der Waals surface area contributed by atoms with Crippen LogP contribution < -0.4 is 11.1 Å². The molecule has 0 saturated heterocycles. The molecular formula is C14H25N3OS. The van der Waals surface area contributed by atoms with E-state index < -0.39 is 0 Å². The maximum absolute atomic E-state index is 12.0. The number of thiazole rings is 1. The maximum atomic E-state index is 12.0. The number of aromatic nitrogens is 1. The third-order valence-electron chi connectivity index (χ3n) is 2.94. The lowest BCUT2D eigenvalue weighted by Crippen LogP contribution is -2.32. The Morgan fingerprint density at radius 1 is 1.42 bits per heavy atom. The molecule has 0 aliphatic rings. The summed E-state index contributed by atoms with van der Waals surface area (Å²) in [6.45, 7) is 7.06. The molecule has 0 aliphatic carbocycles. The summed E-state index contributed by atoms with van der Waals surface area (Å²) in [6, 6.07) is 0.200. The minimum Gasteiger partial charge on any atom is -0.348 e. The van der Waals surface area contributed by atoms with E-state index in [0.29, 0.717) is 12.2 Å². The summed E-state index contributed by atoms with van der Waals surface area (Å²) in [5.74, 6) is 0.650. The van der Waals surface area contributed by atoms with Gasteiger partial charge in [-0.3, -0.25) is 4.79 Å². The van der Waals surface area contributed by atoms with Gasteiger partial charge in [-0.15, -0.1) is 11.3 Å². The normalized spacial score (nSPS) is 12.7. The van der Waals surface area contributed by atoms with Crippen LogP contribution in [0.5, 0.6) is 0 Å². The number of rotatable bonds is 8. The van der Waals surface area contributed by atoms with Gasteiger partial charge < -0.3 is 11.1 Å². The Hall–Kier alpha value is -0.940.